The van der Waals surface area contributed by atoms with Gasteiger partial charge in [0.05, 0.1) is 30.5 Å². The van der Waals surface area contributed by atoms with Gasteiger partial charge in [-0.15, -0.1) is 0 Å². The first-order valence-electron chi connectivity index (χ1n) is 8.13. The summed E-state index contributed by atoms with van der Waals surface area (Å²) in [5, 5.41) is 6.95. The van der Waals surface area contributed by atoms with Crippen molar-refractivity contribution in [2.24, 2.45) is 0 Å². The van der Waals surface area contributed by atoms with Crippen molar-refractivity contribution in [1.29, 1.82) is 0 Å². The lowest BCUT2D eigenvalue weighted by Crippen LogP contribution is -2.36. The lowest BCUT2D eigenvalue weighted by molar-refractivity contribution is 0.0513. The second-order valence-electron chi connectivity index (χ2n) is 5.86. The number of aromatic nitrogens is 4. The number of benzene rings is 1. The van der Waals surface area contributed by atoms with E-state index >= 15 is 0 Å². The number of rotatable bonds is 3. The van der Waals surface area contributed by atoms with Crippen molar-refractivity contribution in [2.45, 2.75) is 19.9 Å². The molecule has 0 atom stereocenters. The van der Waals surface area contributed by atoms with Crippen LogP contribution in [-0.2, 0) is 17.7 Å². The average molecular weight is 339 g/mol. The van der Waals surface area contributed by atoms with Gasteiger partial charge < -0.3 is 14.6 Å². The van der Waals surface area contributed by atoms with E-state index in [1.165, 1.54) is 0 Å². The van der Waals surface area contributed by atoms with Crippen molar-refractivity contribution in [3.63, 3.8) is 0 Å². The zero-order valence-electron chi connectivity index (χ0n) is 13.7. The maximum atomic E-state index is 12.8. The molecule has 1 amide bonds. The van der Waals surface area contributed by atoms with Gasteiger partial charge in [-0.05, 0) is 25.1 Å². The lowest BCUT2D eigenvalue weighted by Gasteiger charge is -2.27. The second kappa shape index (κ2) is 6.04. The van der Waals surface area contributed by atoms with E-state index in [-0.39, 0.29) is 18.2 Å². The molecule has 0 aliphatic carbocycles. The quantitative estimate of drug-likeness (QED) is 0.706. The Morgan fingerprint density at radius 1 is 1.36 bits per heavy atom. The van der Waals surface area contributed by atoms with Gasteiger partial charge in [-0.25, -0.2) is 9.78 Å². The predicted molar refractivity (Wildman–Crippen MR) is 89.1 cm³/mol. The molecule has 0 spiro atoms. The van der Waals surface area contributed by atoms with Gasteiger partial charge in [-0.2, -0.15) is 5.10 Å². The van der Waals surface area contributed by atoms with Crippen LogP contribution >= 0.6 is 0 Å². The Morgan fingerprint density at radius 3 is 3.08 bits per heavy atom. The van der Waals surface area contributed by atoms with Crippen molar-refractivity contribution >= 4 is 22.9 Å². The van der Waals surface area contributed by atoms with Crippen LogP contribution in [0.5, 0.6) is 0 Å². The van der Waals surface area contributed by atoms with Gasteiger partial charge in [-0.3, -0.25) is 9.89 Å². The molecule has 1 aromatic carbocycles. The number of H-pyrrole nitrogens is 2. The molecule has 25 heavy (non-hydrogen) atoms. The summed E-state index contributed by atoms with van der Waals surface area (Å²) in [6, 6.07) is 5.38. The Bertz CT molecular complexity index is 958. The smallest absolute Gasteiger partial charge is 0.359 e. The van der Waals surface area contributed by atoms with Crippen molar-refractivity contribution in [2.75, 3.05) is 13.2 Å². The van der Waals surface area contributed by atoms with E-state index in [1.807, 2.05) is 6.07 Å². The minimum Gasteiger partial charge on any atom is -0.461 e. The number of esters is 1. The number of amides is 1. The van der Waals surface area contributed by atoms with Gasteiger partial charge in [0.2, 0.25) is 0 Å². The number of aromatic amines is 2. The van der Waals surface area contributed by atoms with E-state index in [2.05, 4.69) is 20.2 Å². The first-order chi connectivity index (χ1) is 12.2. The molecule has 2 N–H and O–H groups in total. The summed E-state index contributed by atoms with van der Waals surface area (Å²) >= 11 is 0. The molecule has 2 aromatic heterocycles. The fourth-order valence-electron chi connectivity index (χ4n) is 3.09. The summed E-state index contributed by atoms with van der Waals surface area (Å²) in [6.07, 6.45) is 2.23. The molecule has 0 unspecified atom stereocenters. The molecule has 8 nitrogen and oxygen atoms in total. The molecule has 3 aromatic rings. The summed E-state index contributed by atoms with van der Waals surface area (Å²) < 4.78 is 5.04. The highest BCUT2D eigenvalue weighted by atomic mass is 16.5. The molecule has 0 saturated heterocycles. The van der Waals surface area contributed by atoms with E-state index < -0.39 is 5.97 Å². The third-order valence-electron chi connectivity index (χ3n) is 4.36. The van der Waals surface area contributed by atoms with Gasteiger partial charge >= 0.3 is 5.97 Å². The SMILES string of the molecule is CCOC(=O)c1n[nH]c2c1CN(C(=O)c1ccc3nc[nH]c3c1)CC2. The maximum absolute atomic E-state index is 12.8. The van der Waals surface area contributed by atoms with E-state index in [0.29, 0.717) is 25.1 Å². The molecule has 0 radical (unpaired) electrons. The number of ether oxygens (including phenoxy) is 1. The maximum Gasteiger partial charge on any atom is 0.359 e. The fourth-order valence-corrected chi connectivity index (χ4v) is 3.09. The van der Waals surface area contributed by atoms with E-state index in [4.69, 9.17) is 4.74 Å². The van der Waals surface area contributed by atoms with Crippen LogP contribution < -0.4 is 0 Å². The number of nitrogens with zero attached hydrogens (tertiary/aromatic N) is 3. The zero-order chi connectivity index (χ0) is 17.4. The Balaban J connectivity index is 1.60. The first kappa shape index (κ1) is 15.4. The Morgan fingerprint density at radius 2 is 2.24 bits per heavy atom. The zero-order valence-corrected chi connectivity index (χ0v) is 13.7. The number of carbonyl (C=O) groups is 2. The summed E-state index contributed by atoms with van der Waals surface area (Å²) in [6.45, 7) is 2.93. The Labute approximate surface area is 143 Å². The lowest BCUT2D eigenvalue weighted by atomic mass is 10.0. The highest BCUT2D eigenvalue weighted by Gasteiger charge is 2.29. The number of hydrogen-bond donors (Lipinski definition) is 2. The third kappa shape index (κ3) is 2.65. The molecular weight excluding hydrogens is 322 g/mol. The van der Waals surface area contributed by atoms with Crippen molar-refractivity contribution < 1.29 is 14.3 Å². The van der Waals surface area contributed by atoms with Gasteiger partial charge in [0.15, 0.2) is 5.69 Å². The van der Waals surface area contributed by atoms with E-state index in [1.54, 1.807) is 30.3 Å². The fraction of sp³-hybridized carbons (Fsp3) is 0.294. The largest absolute Gasteiger partial charge is 0.461 e. The average Bonchev–Trinajstić information content (AvgIpc) is 3.26. The van der Waals surface area contributed by atoms with Crippen molar-refractivity contribution in [1.82, 2.24) is 25.1 Å². The van der Waals surface area contributed by atoms with E-state index in [9.17, 15) is 9.59 Å². The first-order valence-corrected chi connectivity index (χ1v) is 8.13. The van der Waals surface area contributed by atoms with Crippen LogP contribution in [0.4, 0.5) is 0 Å². The third-order valence-corrected chi connectivity index (χ3v) is 4.36. The molecule has 0 bridgehead atoms. The predicted octanol–water partition coefficient (Wildman–Crippen LogP) is 1.66. The number of carbonyl (C=O) groups excluding carboxylic acids is 2. The summed E-state index contributed by atoms with van der Waals surface area (Å²) in [5.74, 6) is -0.550. The highest BCUT2D eigenvalue weighted by molar-refractivity contribution is 5.97. The normalized spacial score (nSPS) is 13.7. The summed E-state index contributed by atoms with van der Waals surface area (Å²) in [7, 11) is 0. The standard InChI is InChI=1S/C17H17N5O3/c1-2-25-17(24)15-11-8-22(6-5-12(11)20-21-15)16(23)10-3-4-13-14(7-10)19-9-18-13/h3-4,7,9H,2,5-6,8H2,1H3,(H,18,19)(H,20,21). The van der Waals surface area contributed by atoms with Gasteiger partial charge in [-0.1, -0.05) is 0 Å². The van der Waals surface area contributed by atoms with Crippen LogP contribution in [-0.4, -0.2) is 50.1 Å². The molecule has 0 saturated carbocycles. The van der Waals surface area contributed by atoms with Crippen LogP contribution in [0.25, 0.3) is 11.0 Å². The van der Waals surface area contributed by atoms with E-state index in [0.717, 1.165) is 22.3 Å². The van der Waals surface area contributed by atoms with Crippen LogP contribution in [0.1, 0.15) is 39.0 Å². The molecule has 1 aliphatic heterocycles. The molecule has 8 heteroatoms. The molecule has 1 aliphatic rings. The van der Waals surface area contributed by atoms with Crippen LogP contribution in [0.3, 0.4) is 0 Å². The van der Waals surface area contributed by atoms with Crippen LogP contribution in [0.2, 0.25) is 0 Å². The number of imidazole rings is 1. The minimum absolute atomic E-state index is 0.0850. The number of nitrogens with one attached hydrogen (secondary N) is 2. The van der Waals surface area contributed by atoms with Crippen molar-refractivity contribution in [3.8, 4) is 0 Å². The second-order valence-corrected chi connectivity index (χ2v) is 5.86. The molecule has 0 fully saturated rings. The van der Waals surface area contributed by atoms with Crippen LogP contribution in [0, 0.1) is 0 Å². The monoisotopic (exact) mass is 339 g/mol. The Hall–Kier alpha value is -3.16. The van der Waals surface area contributed by atoms with Crippen molar-refractivity contribution in [3.05, 3.63) is 47.0 Å². The summed E-state index contributed by atoms with van der Waals surface area (Å²) in [5.41, 5.74) is 4.10. The molecule has 3 heterocycles. The Kier molecular flexibility index (Phi) is 3.72. The molecule has 128 valence electrons. The topological polar surface area (TPSA) is 104 Å². The molecular formula is C17H17N5O3. The van der Waals surface area contributed by atoms with Crippen LogP contribution in [0.15, 0.2) is 24.5 Å². The minimum atomic E-state index is -0.465. The molecule has 4 rings (SSSR count). The number of hydrogen-bond acceptors (Lipinski definition) is 5. The summed E-state index contributed by atoms with van der Waals surface area (Å²) in [4.78, 5) is 33.8. The van der Waals surface area contributed by atoms with Gasteiger partial charge in [0.25, 0.3) is 5.91 Å². The van der Waals surface area contributed by atoms with Gasteiger partial charge in [0.1, 0.15) is 0 Å². The highest BCUT2D eigenvalue weighted by Crippen LogP contribution is 2.23. The number of fused-ring (bicyclic) bond motifs is 2. The van der Waals surface area contributed by atoms with Gasteiger partial charge in [0, 0.05) is 29.8 Å².